The number of aliphatic carboxylic acids is 1. The number of H-pyrrole nitrogens is 1. The van der Waals surface area contributed by atoms with E-state index in [1.54, 1.807) is 0 Å². The summed E-state index contributed by atoms with van der Waals surface area (Å²) in [7, 11) is 1.26. The van der Waals surface area contributed by atoms with Gasteiger partial charge in [-0.2, -0.15) is 0 Å². The van der Waals surface area contributed by atoms with Crippen LogP contribution >= 0.6 is 0 Å². The maximum atomic E-state index is 13.2. The van der Waals surface area contributed by atoms with Crippen LogP contribution in [0.4, 0.5) is 8.78 Å². The average Bonchev–Trinajstić information content (AvgIpc) is 2.41. The van der Waals surface area contributed by atoms with Crippen molar-refractivity contribution in [2.75, 3.05) is 0 Å². The summed E-state index contributed by atoms with van der Waals surface area (Å²) in [6, 6.07) is 0. The number of nitrogens with zero attached hydrogens (tertiary/aromatic N) is 1. The summed E-state index contributed by atoms with van der Waals surface area (Å²) in [5.41, 5.74) is -4.69. The first-order valence-corrected chi connectivity index (χ1v) is 6.25. The fourth-order valence-corrected chi connectivity index (χ4v) is 1.83. The Morgan fingerprint density at radius 2 is 2.05 bits per heavy atom. The summed E-state index contributed by atoms with van der Waals surface area (Å²) in [6.45, 7) is 1.29. The third-order valence-corrected chi connectivity index (χ3v) is 3.23. The molecule has 0 aliphatic carbocycles. The number of rotatable bonds is 6. The Bertz CT molecular complexity index is 697. The van der Waals surface area contributed by atoms with E-state index in [0.717, 1.165) is 10.8 Å². The molecule has 0 aliphatic rings. The smallest absolute Gasteiger partial charge is 0.328 e. The van der Waals surface area contributed by atoms with Crippen LogP contribution in [0.25, 0.3) is 0 Å². The second-order valence-electron chi connectivity index (χ2n) is 4.75. The van der Waals surface area contributed by atoms with Gasteiger partial charge in [0.05, 0.1) is 6.42 Å². The van der Waals surface area contributed by atoms with Crippen molar-refractivity contribution in [2.45, 2.75) is 31.7 Å². The van der Waals surface area contributed by atoms with Crippen molar-refractivity contribution in [3.05, 3.63) is 32.6 Å². The first-order chi connectivity index (χ1) is 10.1. The molecular weight excluding hydrogens is 304 g/mol. The molecular formula is C12H15F2N3O5. The van der Waals surface area contributed by atoms with Crippen LogP contribution in [0.15, 0.2) is 15.8 Å². The summed E-state index contributed by atoms with van der Waals surface area (Å²) in [6.07, 6.45) is -3.62. The lowest BCUT2D eigenvalue weighted by Gasteiger charge is -2.31. The molecule has 0 fully saturated rings. The molecule has 122 valence electrons. The van der Waals surface area contributed by atoms with Crippen LogP contribution in [0.5, 0.6) is 0 Å². The van der Waals surface area contributed by atoms with Gasteiger partial charge < -0.3 is 15.0 Å². The number of carbonyl (C=O) groups excluding carboxylic acids is 1. The highest BCUT2D eigenvalue weighted by atomic mass is 19.3. The summed E-state index contributed by atoms with van der Waals surface area (Å²) >= 11 is 0. The predicted octanol–water partition coefficient (Wildman–Crippen LogP) is -0.308. The SMILES string of the molecule is CCC(CC(=O)O)(NC(=O)c1cn(C)c(=O)[nH]c1=O)C(F)F. The minimum Gasteiger partial charge on any atom is -0.481 e. The Morgan fingerprint density at radius 1 is 1.45 bits per heavy atom. The molecule has 0 saturated carbocycles. The Balaban J connectivity index is 3.22. The Hall–Kier alpha value is -2.52. The van der Waals surface area contributed by atoms with Gasteiger partial charge in [-0.15, -0.1) is 0 Å². The Kier molecular flexibility index (Phi) is 5.18. The lowest BCUT2D eigenvalue weighted by molar-refractivity contribution is -0.140. The van der Waals surface area contributed by atoms with Gasteiger partial charge in [-0.1, -0.05) is 6.92 Å². The number of aromatic nitrogens is 2. The first-order valence-electron chi connectivity index (χ1n) is 6.25. The molecule has 1 rings (SSSR count). The molecule has 3 N–H and O–H groups in total. The first kappa shape index (κ1) is 17.5. The normalized spacial score (nSPS) is 13.7. The third-order valence-electron chi connectivity index (χ3n) is 3.23. The van der Waals surface area contributed by atoms with E-state index in [2.05, 4.69) is 0 Å². The largest absolute Gasteiger partial charge is 0.481 e. The highest BCUT2D eigenvalue weighted by Crippen LogP contribution is 2.24. The van der Waals surface area contributed by atoms with Crippen LogP contribution < -0.4 is 16.6 Å². The van der Waals surface area contributed by atoms with Crippen molar-refractivity contribution >= 4 is 11.9 Å². The zero-order chi connectivity index (χ0) is 17.1. The molecule has 0 radical (unpaired) electrons. The van der Waals surface area contributed by atoms with E-state index < -0.39 is 47.1 Å². The molecule has 0 spiro atoms. The molecule has 0 aliphatic heterocycles. The molecule has 8 nitrogen and oxygen atoms in total. The molecule has 22 heavy (non-hydrogen) atoms. The maximum Gasteiger partial charge on any atom is 0.328 e. The molecule has 10 heteroatoms. The van der Waals surface area contributed by atoms with E-state index in [1.165, 1.54) is 14.0 Å². The van der Waals surface area contributed by atoms with Gasteiger partial charge >= 0.3 is 11.7 Å². The van der Waals surface area contributed by atoms with Crippen molar-refractivity contribution in [2.24, 2.45) is 7.05 Å². The monoisotopic (exact) mass is 319 g/mol. The maximum absolute atomic E-state index is 13.2. The van der Waals surface area contributed by atoms with Gasteiger partial charge in [-0.05, 0) is 6.42 Å². The summed E-state index contributed by atoms with van der Waals surface area (Å²) in [5, 5.41) is 10.7. The number of hydrogen-bond acceptors (Lipinski definition) is 4. The topological polar surface area (TPSA) is 121 Å². The van der Waals surface area contributed by atoms with Crippen LogP contribution in [-0.2, 0) is 11.8 Å². The molecule has 0 saturated heterocycles. The number of amides is 1. The number of nitrogens with one attached hydrogen (secondary N) is 2. The van der Waals surface area contributed by atoms with Crippen molar-refractivity contribution < 1.29 is 23.5 Å². The number of hydrogen-bond donors (Lipinski definition) is 3. The fourth-order valence-electron chi connectivity index (χ4n) is 1.83. The number of halogens is 2. The van der Waals surface area contributed by atoms with Crippen molar-refractivity contribution in [1.82, 2.24) is 14.9 Å². The third kappa shape index (κ3) is 3.57. The molecule has 1 atom stereocenters. The molecule has 1 amide bonds. The average molecular weight is 319 g/mol. The highest BCUT2D eigenvalue weighted by molar-refractivity contribution is 5.94. The van der Waals surface area contributed by atoms with Crippen LogP contribution in [0.1, 0.15) is 30.1 Å². The van der Waals surface area contributed by atoms with Crippen LogP contribution in [-0.4, -0.2) is 38.5 Å². The molecule has 1 unspecified atom stereocenters. The molecule has 1 aromatic heterocycles. The summed E-state index contributed by atoms with van der Waals surface area (Å²) in [4.78, 5) is 47.4. The number of carboxylic acid groups (broad SMARTS) is 1. The van der Waals surface area contributed by atoms with Crippen LogP contribution in [0.2, 0.25) is 0 Å². The van der Waals surface area contributed by atoms with Crippen molar-refractivity contribution in [1.29, 1.82) is 0 Å². The van der Waals surface area contributed by atoms with E-state index in [9.17, 15) is 28.0 Å². The van der Waals surface area contributed by atoms with Gasteiger partial charge in [0.15, 0.2) is 0 Å². The van der Waals surface area contributed by atoms with Gasteiger partial charge in [0.2, 0.25) is 0 Å². The zero-order valence-electron chi connectivity index (χ0n) is 11.9. The number of aromatic amines is 1. The minimum atomic E-state index is -3.15. The fraction of sp³-hybridized carbons (Fsp3) is 0.500. The lowest BCUT2D eigenvalue weighted by atomic mass is 9.92. The quantitative estimate of drug-likeness (QED) is 0.664. The van der Waals surface area contributed by atoms with Gasteiger partial charge in [0.1, 0.15) is 11.1 Å². The Labute approximate surface area is 122 Å². The van der Waals surface area contributed by atoms with Gasteiger partial charge in [0, 0.05) is 13.2 Å². The zero-order valence-corrected chi connectivity index (χ0v) is 11.9. The number of aryl methyl sites for hydroxylation is 1. The summed E-state index contributed by atoms with van der Waals surface area (Å²) in [5.74, 6) is -2.70. The summed E-state index contributed by atoms with van der Waals surface area (Å²) < 4.78 is 27.3. The second kappa shape index (κ2) is 6.50. The van der Waals surface area contributed by atoms with E-state index in [1.807, 2.05) is 10.3 Å². The molecule has 0 aromatic carbocycles. The lowest BCUT2D eigenvalue weighted by Crippen LogP contribution is -2.55. The van der Waals surface area contributed by atoms with E-state index in [0.29, 0.717) is 0 Å². The standard InChI is InChI=1S/C12H15F2N3O5/c1-3-12(10(13)14,4-7(18)19)16-9(21)6-5-17(2)11(22)15-8(6)20/h5,10H,3-4H2,1-2H3,(H,16,21)(H,18,19)(H,15,20,22). The van der Waals surface area contributed by atoms with Crippen LogP contribution in [0.3, 0.4) is 0 Å². The van der Waals surface area contributed by atoms with E-state index >= 15 is 0 Å². The molecule has 0 bridgehead atoms. The van der Waals surface area contributed by atoms with Gasteiger partial charge in [-0.25, -0.2) is 13.6 Å². The second-order valence-corrected chi connectivity index (χ2v) is 4.75. The van der Waals surface area contributed by atoms with Gasteiger partial charge in [-0.3, -0.25) is 19.4 Å². The van der Waals surface area contributed by atoms with Crippen molar-refractivity contribution in [3.63, 3.8) is 0 Å². The highest BCUT2D eigenvalue weighted by Gasteiger charge is 2.42. The van der Waals surface area contributed by atoms with Crippen LogP contribution in [0, 0.1) is 0 Å². The minimum absolute atomic E-state index is 0.355. The predicted molar refractivity (Wildman–Crippen MR) is 71.0 cm³/mol. The van der Waals surface area contributed by atoms with Crippen molar-refractivity contribution in [3.8, 4) is 0 Å². The van der Waals surface area contributed by atoms with E-state index in [-0.39, 0.29) is 6.42 Å². The number of carbonyl (C=O) groups is 2. The molecule has 1 aromatic rings. The van der Waals surface area contributed by atoms with Gasteiger partial charge in [0.25, 0.3) is 17.9 Å². The number of carboxylic acids is 1. The Morgan fingerprint density at radius 3 is 2.50 bits per heavy atom. The number of alkyl halides is 2. The van der Waals surface area contributed by atoms with E-state index in [4.69, 9.17) is 5.11 Å². The molecule has 1 heterocycles.